The average Bonchev–Trinajstić information content (AvgIpc) is 3.09. The summed E-state index contributed by atoms with van der Waals surface area (Å²) in [7, 11) is 0. The molecule has 0 aliphatic carbocycles. The van der Waals surface area contributed by atoms with Crippen LogP contribution >= 0.6 is 0 Å². The predicted octanol–water partition coefficient (Wildman–Crippen LogP) is 3.14. The zero-order valence-corrected chi connectivity index (χ0v) is 13.7. The molecule has 5 nitrogen and oxygen atoms in total. The summed E-state index contributed by atoms with van der Waals surface area (Å²) < 4.78 is 0. The molecule has 4 rings (SSSR count). The van der Waals surface area contributed by atoms with E-state index >= 15 is 0 Å². The molecule has 24 heavy (non-hydrogen) atoms. The van der Waals surface area contributed by atoms with Crippen LogP contribution < -0.4 is 5.32 Å². The summed E-state index contributed by atoms with van der Waals surface area (Å²) in [6, 6.07) is 4.08. The Morgan fingerprint density at radius 3 is 3.00 bits per heavy atom. The zero-order chi connectivity index (χ0) is 16.7. The molecule has 2 unspecified atom stereocenters. The van der Waals surface area contributed by atoms with Crippen LogP contribution in [0.15, 0.2) is 48.6 Å². The van der Waals surface area contributed by atoms with E-state index in [0.29, 0.717) is 0 Å². The van der Waals surface area contributed by atoms with Crippen molar-refractivity contribution in [1.82, 2.24) is 20.3 Å². The highest BCUT2D eigenvalue weighted by Crippen LogP contribution is 2.29. The number of pyridine rings is 2. The van der Waals surface area contributed by atoms with Crippen LogP contribution in [-0.4, -0.2) is 32.2 Å². The Morgan fingerprint density at radius 2 is 2.21 bits per heavy atom. The minimum Gasteiger partial charge on any atom is -0.391 e. The third-order valence-corrected chi connectivity index (χ3v) is 4.66. The summed E-state index contributed by atoms with van der Waals surface area (Å²) in [6.07, 6.45) is 10.1. The summed E-state index contributed by atoms with van der Waals surface area (Å²) in [5, 5.41) is 15.4. The first-order valence-corrected chi connectivity index (χ1v) is 8.22. The summed E-state index contributed by atoms with van der Waals surface area (Å²) in [5.41, 5.74) is 5.18. The van der Waals surface area contributed by atoms with E-state index in [-0.39, 0.29) is 12.1 Å². The monoisotopic (exact) mass is 320 g/mol. The second kappa shape index (κ2) is 5.76. The van der Waals surface area contributed by atoms with E-state index in [1.165, 1.54) is 0 Å². The van der Waals surface area contributed by atoms with E-state index in [1.807, 2.05) is 31.6 Å². The van der Waals surface area contributed by atoms with Gasteiger partial charge in [-0.3, -0.25) is 0 Å². The largest absolute Gasteiger partial charge is 0.391 e. The van der Waals surface area contributed by atoms with Crippen molar-refractivity contribution in [2.75, 3.05) is 0 Å². The molecule has 1 aliphatic heterocycles. The lowest BCUT2D eigenvalue weighted by Gasteiger charge is -2.25. The van der Waals surface area contributed by atoms with Crippen LogP contribution in [0.25, 0.3) is 27.5 Å². The topological polar surface area (TPSA) is 73.8 Å². The molecule has 0 spiro atoms. The average molecular weight is 320 g/mol. The standard InChI is InChI=1S/C19H20N4O/c1-3-17(24)16-6-11(2)15(10-21-16)12-7-13-9-23-19-14(4-5-20-19)18(13)22-8-12/h4-10,16-17,21-22,24H,3H2,1-2H3. The molecule has 3 aromatic rings. The molecule has 0 fully saturated rings. The number of hydrogen-bond acceptors (Lipinski definition) is 4. The Hall–Kier alpha value is -2.66. The molecule has 0 bridgehead atoms. The van der Waals surface area contributed by atoms with Crippen LogP contribution in [0.1, 0.15) is 25.8 Å². The van der Waals surface area contributed by atoms with Crippen LogP contribution in [0.5, 0.6) is 0 Å². The van der Waals surface area contributed by atoms with Crippen LogP contribution in [0.4, 0.5) is 0 Å². The number of aromatic nitrogens is 3. The number of aliphatic hydroxyl groups excluding tert-OH is 1. The van der Waals surface area contributed by atoms with Crippen LogP contribution in [0.2, 0.25) is 0 Å². The van der Waals surface area contributed by atoms with Gasteiger partial charge < -0.3 is 15.4 Å². The van der Waals surface area contributed by atoms with Crippen molar-refractivity contribution < 1.29 is 5.11 Å². The maximum atomic E-state index is 10.0. The molecular weight excluding hydrogens is 300 g/mol. The van der Waals surface area contributed by atoms with Gasteiger partial charge in [-0.25, -0.2) is 9.97 Å². The zero-order valence-electron chi connectivity index (χ0n) is 13.7. The van der Waals surface area contributed by atoms with Crippen LogP contribution in [-0.2, 0) is 0 Å². The lowest BCUT2D eigenvalue weighted by Crippen LogP contribution is -2.37. The van der Waals surface area contributed by atoms with Gasteiger partial charge in [0.15, 0.2) is 5.65 Å². The summed E-state index contributed by atoms with van der Waals surface area (Å²) in [4.78, 5) is 12.0. The number of hydrogen-bond donors (Lipinski definition) is 3. The van der Waals surface area contributed by atoms with Gasteiger partial charge in [0.25, 0.3) is 0 Å². The van der Waals surface area contributed by atoms with Crippen molar-refractivity contribution in [1.29, 1.82) is 0 Å². The number of nitrogens with zero attached hydrogens (tertiary/aromatic N) is 2. The first-order chi connectivity index (χ1) is 11.7. The Morgan fingerprint density at radius 1 is 1.33 bits per heavy atom. The third kappa shape index (κ3) is 2.37. The lowest BCUT2D eigenvalue weighted by atomic mass is 9.94. The quantitative estimate of drug-likeness (QED) is 0.693. The smallest absolute Gasteiger partial charge is 0.161 e. The number of aromatic amines is 1. The van der Waals surface area contributed by atoms with Crippen LogP contribution in [0.3, 0.4) is 0 Å². The maximum Gasteiger partial charge on any atom is 0.161 e. The van der Waals surface area contributed by atoms with Crippen molar-refractivity contribution in [2.45, 2.75) is 32.4 Å². The first kappa shape index (κ1) is 14.9. The van der Waals surface area contributed by atoms with Crippen molar-refractivity contribution in [3.8, 4) is 0 Å². The highest BCUT2D eigenvalue weighted by molar-refractivity contribution is 6.02. The lowest BCUT2D eigenvalue weighted by molar-refractivity contribution is 0.146. The molecule has 122 valence electrons. The molecule has 0 aromatic carbocycles. The van der Waals surface area contributed by atoms with Gasteiger partial charge in [-0.1, -0.05) is 13.0 Å². The number of rotatable bonds is 3. The number of H-pyrrole nitrogens is 1. The molecule has 0 saturated heterocycles. The fraction of sp³-hybridized carbons (Fsp3) is 0.263. The molecule has 0 saturated carbocycles. The van der Waals surface area contributed by atoms with Crippen molar-refractivity contribution >= 4 is 27.5 Å². The number of aliphatic hydroxyl groups is 1. The molecule has 0 amide bonds. The van der Waals surface area contributed by atoms with Gasteiger partial charge in [0, 0.05) is 46.7 Å². The minimum absolute atomic E-state index is 0.0279. The second-order valence-corrected chi connectivity index (χ2v) is 6.23. The fourth-order valence-corrected chi connectivity index (χ4v) is 3.25. The third-order valence-electron chi connectivity index (χ3n) is 4.66. The van der Waals surface area contributed by atoms with E-state index in [2.05, 4.69) is 39.3 Å². The SMILES string of the molecule is CCC(O)C1C=C(C)C(c2c[nH]c3c(cnc4nccc43)c2)=CN1. The molecule has 5 heteroatoms. The summed E-state index contributed by atoms with van der Waals surface area (Å²) >= 11 is 0. The van der Waals surface area contributed by atoms with E-state index in [1.54, 1.807) is 6.20 Å². The fourth-order valence-electron chi connectivity index (χ4n) is 3.25. The van der Waals surface area contributed by atoms with Crippen molar-refractivity contribution in [3.05, 3.63) is 54.1 Å². The van der Waals surface area contributed by atoms with Gasteiger partial charge in [-0.2, -0.15) is 0 Å². The Bertz CT molecular complexity index is 970. The van der Waals surface area contributed by atoms with E-state index in [9.17, 15) is 5.11 Å². The molecule has 0 radical (unpaired) electrons. The number of allylic oxidation sites excluding steroid dienone is 2. The molecule has 3 N–H and O–H groups in total. The first-order valence-electron chi connectivity index (χ1n) is 8.22. The van der Waals surface area contributed by atoms with Gasteiger partial charge in [0.05, 0.1) is 17.7 Å². The Labute approximate surface area is 140 Å². The number of nitrogens with one attached hydrogen (secondary N) is 2. The van der Waals surface area contributed by atoms with Gasteiger partial charge in [0.1, 0.15) is 0 Å². The highest BCUT2D eigenvalue weighted by atomic mass is 16.3. The Balaban J connectivity index is 1.73. The highest BCUT2D eigenvalue weighted by Gasteiger charge is 2.19. The number of dihydropyridines is 1. The van der Waals surface area contributed by atoms with Gasteiger partial charge in [0.2, 0.25) is 0 Å². The minimum atomic E-state index is -0.372. The molecule has 3 aromatic heterocycles. The van der Waals surface area contributed by atoms with Gasteiger partial charge >= 0.3 is 0 Å². The predicted molar refractivity (Wildman–Crippen MR) is 96.4 cm³/mol. The van der Waals surface area contributed by atoms with Crippen LogP contribution in [0, 0.1) is 0 Å². The van der Waals surface area contributed by atoms with Gasteiger partial charge in [-0.15, -0.1) is 0 Å². The summed E-state index contributed by atoms with van der Waals surface area (Å²) in [6.45, 7) is 4.06. The normalized spacial score (nSPS) is 19.0. The van der Waals surface area contributed by atoms with Crippen molar-refractivity contribution in [2.24, 2.45) is 0 Å². The maximum absolute atomic E-state index is 10.0. The molecule has 1 aliphatic rings. The van der Waals surface area contributed by atoms with E-state index < -0.39 is 0 Å². The van der Waals surface area contributed by atoms with E-state index in [4.69, 9.17) is 0 Å². The number of fused-ring (bicyclic) bond motifs is 3. The second-order valence-electron chi connectivity index (χ2n) is 6.23. The summed E-state index contributed by atoms with van der Waals surface area (Å²) in [5.74, 6) is 0. The Kier molecular flexibility index (Phi) is 3.58. The van der Waals surface area contributed by atoms with Gasteiger partial charge in [-0.05, 0) is 31.1 Å². The van der Waals surface area contributed by atoms with Crippen molar-refractivity contribution in [3.63, 3.8) is 0 Å². The molecule has 4 heterocycles. The van der Waals surface area contributed by atoms with E-state index in [0.717, 1.165) is 45.1 Å². The molecule has 2 atom stereocenters. The molecular formula is C19H20N4O.